The number of aromatic hydroxyl groups is 1. The number of anilines is 1. The molecular formula is C15H17N3O2. The zero-order chi connectivity index (χ0) is 14.3. The molecule has 0 radical (unpaired) electrons. The van der Waals surface area contributed by atoms with Gasteiger partial charge in [0.25, 0.3) is 0 Å². The fourth-order valence-electron chi connectivity index (χ4n) is 2.63. The van der Waals surface area contributed by atoms with Crippen molar-refractivity contribution >= 4 is 11.7 Å². The van der Waals surface area contributed by atoms with Gasteiger partial charge >= 0.3 is 0 Å². The van der Waals surface area contributed by atoms with Gasteiger partial charge in [-0.15, -0.1) is 0 Å². The number of benzene rings is 1. The van der Waals surface area contributed by atoms with E-state index in [0.29, 0.717) is 6.42 Å². The fourth-order valence-corrected chi connectivity index (χ4v) is 2.63. The maximum absolute atomic E-state index is 11.9. The molecule has 1 aliphatic rings. The highest BCUT2D eigenvalue weighted by Crippen LogP contribution is 2.38. The molecule has 1 aliphatic heterocycles. The Morgan fingerprint density at radius 2 is 2.05 bits per heavy atom. The number of nitrogens with one attached hydrogen (secondary N) is 1. The zero-order valence-electron chi connectivity index (χ0n) is 11.5. The van der Waals surface area contributed by atoms with Crippen molar-refractivity contribution in [2.75, 3.05) is 5.32 Å². The number of hydrogen-bond donors (Lipinski definition) is 2. The maximum atomic E-state index is 11.9. The van der Waals surface area contributed by atoms with Crippen LogP contribution in [0.1, 0.15) is 43.4 Å². The molecule has 5 nitrogen and oxygen atoms in total. The van der Waals surface area contributed by atoms with Crippen LogP contribution in [-0.2, 0) is 4.79 Å². The van der Waals surface area contributed by atoms with Crippen LogP contribution in [0, 0.1) is 0 Å². The van der Waals surface area contributed by atoms with Crippen LogP contribution >= 0.6 is 0 Å². The average Bonchev–Trinajstić information content (AvgIpc) is 2.82. The Bertz CT molecular complexity index is 644. The molecule has 2 heterocycles. The molecule has 104 valence electrons. The predicted octanol–water partition coefficient (Wildman–Crippen LogP) is 2.64. The number of fused-ring (bicyclic) bond motifs is 1. The molecule has 1 amide bonds. The summed E-state index contributed by atoms with van der Waals surface area (Å²) in [6, 6.07) is 7.20. The van der Waals surface area contributed by atoms with Crippen LogP contribution < -0.4 is 5.32 Å². The number of carbonyl (C=O) groups excluding carboxylic acids is 1. The van der Waals surface area contributed by atoms with Gasteiger partial charge in [0.1, 0.15) is 11.6 Å². The molecule has 0 saturated carbocycles. The van der Waals surface area contributed by atoms with Crippen molar-refractivity contribution in [3.05, 3.63) is 41.6 Å². The van der Waals surface area contributed by atoms with Gasteiger partial charge in [0, 0.05) is 23.9 Å². The van der Waals surface area contributed by atoms with Gasteiger partial charge in [-0.25, -0.2) is 4.68 Å². The molecule has 0 aliphatic carbocycles. The number of aromatic nitrogens is 2. The second-order valence-corrected chi connectivity index (χ2v) is 5.38. The number of hydrogen-bond acceptors (Lipinski definition) is 3. The van der Waals surface area contributed by atoms with E-state index in [2.05, 4.69) is 10.4 Å². The lowest BCUT2D eigenvalue weighted by atomic mass is 9.87. The summed E-state index contributed by atoms with van der Waals surface area (Å²) in [5, 5.41) is 16.7. The van der Waals surface area contributed by atoms with E-state index in [1.807, 2.05) is 36.9 Å². The first-order valence-corrected chi connectivity index (χ1v) is 6.72. The van der Waals surface area contributed by atoms with E-state index in [0.717, 1.165) is 16.9 Å². The second-order valence-electron chi connectivity index (χ2n) is 5.38. The van der Waals surface area contributed by atoms with Crippen LogP contribution in [0.15, 0.2) is 30.5 Å². The summed E-state index contributed by atoms with van der Waals surface area (Å²) in [5.41, 5.74) is 2.05. The average molecular weight is 271 g/mol. The Labute approximate surface area is 117 Å². The van der Waals surface area contributed by atoms with Crippen LogP contribution in [0.5, 0.6) is 5.75 Å². The largest absolute Gasteiger partial charge is 0.508 e. The number of nitrogens with zero attached hydrogens (tertiary/aromatic N) is 2. The molecule has 2 aromatic rings. The Morgan fingerprint density at radius 3 is 2.70 bits per heavy atom. The third kappa shape index (κ3) is 2.05. The van der Waals surface area contributed by atoms with Crippen LogP contribution in [0.2, 0.25) is 0 Å². The third-order valence-corrected chi connectivity index (χ3v) is 3.63. The Balaban J connectivity index is 2.06. The van der Waals surface area contributed by atoms with Gasteiger partial charge < -0.3 is 10.4 Å². The van der Waals surface area contributed by atoms with Gasteiger partial charge in [0.2, 0.25) is 5.91 Å². The Morgan fingerprint density at radius 1 is 1.35 bits per heavy atom. The summed E-state index contributed by atoms with van der Waals surface area (Å²) in [6.07, 6.45) is 2.23. The number of amides is 1. The van der Waals surface area contributed by atoms with Gasteiger partial charge in [0.15, 0.2) is 0 Å². The molecule has 0 saturated heterocycles. The van der Waals surface area contributed by atoms with Crippen LogP contribution in [0.25, 0.3) is 0 Å². The highest BCUT2D eigenvalue weighted by Gasteiger charge is 2.30. The summed E-state index contributed by atoms with van der Waals surface area (Å²) < 4.78 is 1.83. The van der Waals surface area contributed by atoms with E-state index in [-0.39, 0.29) is 23.6 Å². The van der Waals surface area contributed by atoms with E-state index < -0.39 is 0 Å². The van der Waals surface area contributed by atoms with Crippen LogP contribution in [0.4, 0.5) is 5.82 Å². The number of carbonyl (C=O) groups is 1. The first-order chi connectivity index (χ1) is 9.56. The number of rotatable bonds is 2. The van der Waals surface area contributed by atoms with E-state index in [1.54, 1.807) is 12.1 Å². The van der Waals surface area contributed by atoms with E-state index >= 15 is 0 Å². The molecule has 1 aromatic carbocycles. The van der Waals surface area contributed by atoms with Gasteiger partial charge in [0.05, 0.1) is 6.20 Å². The smallest absolute Gasteiger partial charge is 0.226 e. The predicted molar refractivity (Wildman–Crippen MR) is 75.8 cm³/mol. The minimum atomic E-state index is -0.00755. The highest BCUT2D eigenvalue weighted by atomic mass is 16.3. The normalized spacial score (nSPS) is 17.9. The fraction of sp³-hybridized carbons (Fsp3) is 0.333. The molecule has 0 unspecified atom stereocenters. The molecule has 0 fully saturated rings. The minimum Gasteiger partial charge on any atom is -0.508 e. The van der Waals surface area contributed by atoms with Crippen LogP contribution in [-0.4, -0.2) is 20.8 Å². The van der Waals surface area contributed by atoms with Crippen molar-refractivity contribution in [3.63, 3.8) is 0 Å². The molecular weight excluding hydrogens is 254 g/mol. The summed E-state index contributed by atoms with van der Waals surface area (Å²) in [5.74, 6) is 1.01. The molecule has 2 N–H and O–H groups in total. The van der Waals surface area contributed by atoms with E-state index in [9.17, 15) is 9.90 Å². The summed E-state index contributed by atoms with van der Waals surface area (Å²) >= 11 is 0. The van der Waals surface area contributed by atoms with Gasteiger partial charge in [-0.1, -0.05) is 12.1 Å². The van der Waals surface area contributed by atoms with Gasteiger partial charge in [-0.2, -0.15) is 5.10 Å². The maximum Gasteiger partial charge on any atom is 0.226 e. The summed E-state index contributed by atoms with van der Waals surface area (Å²) in [6.45, 7) is 4.06. The highest BCUT2D eigenvalue weighted by molar-refractivity contribution is 5.94. The van der Waals surface area contributed by atoms with Crippen molar-refractivity contribution in [2.45, 2.75) is 32.2 Å². The van der Waals surface area contributed by atoms with Crippen LogP contribution in [0.3, 0.4) is 0 Å². The molecule has 1 atom stereocenters. The molecule has 0 bridgehead atoms. The molecule has 5 heteroatoms. The first-order valence-electron chi connectivity index (χ1n) is 6.72. The Kier molecular flexibility index (Phi) is 2.97. The monoisotopic (exact) mass is 271 g/mol. The quantitative estimate of drug-likeness (QED) is 0.882. The minimum absolute atomic E-state index is 0.00188. The summed E-state index contributed by atoms with van der Waals surface area (Å²) in [4.78, 5) is 11.9. The summed E-state index contributed by atoms with van der Waals surface area (Å²) in [7, 11) is 0. The van der Waals surface area contributed by atoms with Gasteiger partial charge in [-0.3, -0.25) is 4.79 Å². The van der Waals surface area contributed by atoms with Crippen molar-refractivity contribution in [1.29, 1.82) is 0 Å². The van der Waals surface area contributed by atoms with Crippen molar-refractivity contribution < 1.29 is 9.90 Å². The lowest BCUT2D eigenvalue weighted by Crippen LogP contribution is -2.25. The van der Waals surface area contributed by atoms with Crippen molar-refractivity contribution in [1.82, 2.24) is 9.78 Å². The van der Waals surface area contributed by atoms with E-state index in [4.69, 9.17) is 0 Å². The molecule has 1 aromatic heterocycles. The van der Waals surface area contributed by atoms with Crippen molar-refractivity contribution in [2.24, 2.45) is 0 Å². The first kappa shape index (κ1) is 12.7. The second kappa shape index (κ2) is 4.67. The third-order valence-electron chi connectivity index (χ3n) is 3.63. The molecule has 20 heavy (non-hydrogen) atoms. The SMILES string of the molecule is CC(C)n1ncc2c1NC(=O)C[C@@H]2c1ccc(O)cc1. The van der Waals surface area contributed by atoms with Crippen molar-refractivity contribution in [3.8, 4) is 5.75 Å². The standard InChI is InChI=1S/C15H17N3O2/c1-9(2)18-15-13(8-16-18)12(7-14(20)17-15)10-3-5-11(19)6-4-10/h3-6,8-9,12,19H,7H2,1-2H3,(H,17,20)/t12-/m1/s1. The lowest BCUT2D eigenvalue weighted by Gasteiger charge is -2.24. The number of phenolic OH excluding ortho intramolecular Hbond substituents is 1. The Hall–Kier alpha value is -2.30. The number of phenols is 1. The molecule has 0 spiro atoms. The molecule has 3 rings (SSSR count). The van der Waals surface area contributed by atoms with Gasteiger partial charge in [-0.05, 0) is 31.5 Å². The topological polar surface area (TPSA) is 67.2 Å². The lowest BCUT2D eigenvalue weighted by molar-refractivity contribution is -0.116. The van der Waals surface area contributed by atoms with E-state index in [1.165, 1.54) is 0 Å². The zero-order valence-corrected chi connectivity index (χ0v) is 11.5.